The van der Waals surface area contributed by atoms with E-state index in [-0.39, 0.29) is 41.9 Å². The Balaban J connectivity index is 0.983. The largest absolute Gasteiger partial charge is 0.461 e. The summed E-state index contributed by atoms with van der Waals surface area (Å²) in [6.45, 7) is 0.262. The van der Waals surface area contributed by atoms with Gasteiger partial charge in [0.15, 0.2) is 0 Å². The molecule has 5 rings (SSSR count). The lowest BCUT2D eigenvalue weighted by Crippen LogP contribution is -2.21. The molecule has 41 heavy (non-hydrogen) atoms. The number of carbonyl (C=O) groups excluding carboxylic acids is 4. The highest BCUT2D eigenvalue weighted by atomic mass is 35.5. The standard InChI is InChI=1S/C34H37ClO6/c35-29-13-10-25(11-14-29)21-40-33(38)17-24-7-5-23(6-8-24)15-27-18-28(19-31(27)37)30(36)4-2-1-3-22-9-12-26-20-34(39)41-32(26)16-22/h1,3,9-14,16,23-24,27-28H,2,4-8,15,17-21H2. The number of carbonyl (C=O) groups is 4. The van der Waals surface area contributed by atoms with Crippen molar-refractivity contribution in [1.82, 2.24) is 0 Å². The molecule has 0 spiro atoms. The van der Waals surface area contributed by atoms with Gasteiger partial charge in [-0.05, 0) is 73.3 Å². The lowest BCUT2D eigenvalue weighted by molar-refractivity contribution is -0.146. The molecule has 3 aliphatic rings. The van der Waals surface area contributed by atoms with Gasteiger partial charge in [0.25, 0.3) is 0 Å². The predicted molar refractivity (Wildman–Crippen MR) is 156 cm³/mol. The van der Waals surface area contributed by atoms with Gasteiger partial charge in [0.1, 0.15) is 23.9 Å². The molecule has 2 saturated carbocycles. The van der Waals surface area contributed by atoms with Crippen molar-refractivity contribution in [1.29, 1.82) is 0 Å². The van der Waals surface area contributed by atoms with Crippen LogP contribution in [0.1, 0.15) is 80.9 Å². The fraction of sp³-hybridized carbons (Fsp3) is 0.471. The number of halogens is 1. The fourth-order valence-electron chi connectivity index (χ4n) is 6.43. The molecule has 2 fully saturated rings. The molecule has 2 aromatic carbocycles. The summed E-state index contributed by atoms with van der Waals surface area (Å²) in [6, 6.07) is 13.0. The molecule has 7 heteroatoms. The van der Waals surface area contributed by atoms with E-state index in [1.54, 1.807) is 12.1 Å². The van der Waals surface area contributed by atoms with E-state index in [1.807, 2.05) is 42.5 Å². The molecule has 0 amide bonds. The zero-order chi connectivity index (χ0) is 28.8. The minimum atomic E-state index is -0.229. The molecule has 216 valence electrons. The van der Waals surface area contributed by atoms with Crippen LogP contribution in [0.5, 0.6) is 5.75 Å². The Morgan fingerprint density at radius 2 is 1.76 bits per heavy atom. The van der Waals surface area contributed by atoms with Gasteiger partial charge in [-0.25, -0.2) is 0 Å². The average Bonchev–Trinajstić information content (AvgIpc) is 3.52. The highest BCUT2D eigenvalue weighted by Gasteiger charge is 2.37. The maximum absolute atomic E-state index is 12.8. The van der Waals surface area contributed by atoms with Crippen molar-refractivity contribution >= 4 is 41.2 Å². The second-order valence-corrected chi connectivity index (χ2v) is 12.3. The fourth-order valence-corrected chi connectivity index (χ4v) is 6.56. The SMILES string of the molecule is O=C(CC1CCC(CC2CC(C(=O)CCC=Cc3ccc4c(c3)OC(=O)C4)CC2=O)CC1)OCc1ccc(Cl)cc1. The van der Waals surface area contributed by atoms with Gasteiger partial charge in [0, 0.05) is 41.7 Å². The van der Waals surface area contributed by atoms with Crippen LogP contribution in [-0.2, 0) is 36.9 Å². The van der Waals surface area contributed by atoms with Crippen LogP contribution in [-0.4, -0.2) is 23.5 Å². The summed E-state index contributed by atoms with van der Waals surface area (Å²) in [5.74, 6) is 1.27. The van der Waals surface area contributed by atoms with Gasteiger partial charge >= 0.3 is 11.9 Å². The highest BCUT2D eigenvalue weighted by molar-refractivity contribution is 6.30. The van der Waals surface area contributed by atoms with Gasteiger partial charge in [-0.3, -0.25) is 19.2 Å². The number of allylic oxidation sites excluding steroid dienone is 1. The van der Waals surface area contributed by atoms with Crippen LogP contribution >= 0.6 is 11.6 Å². The van der Waals surface area contributed by atoms with Crippen molar-refractivity contribution in [3.05, 3.63) is 70.3 Å². The number of rotatable bonds is 11. The Labute approximate surface area is 246 Å². The summed E-state index contributed by atoms with van der Waals surface area (Å²) in [5.41, 5.74) is 2.76. The molecule has 2 aliphatic carbocycles. The molecule has 0 radical (unpaired) electrons. The first kappa shape index (κ1) is 29.2. The topological polar surface area (TPSA) is 86.7 Å². The van der Waals surface area contributed by atoms with Crippen LogP contribution in [0.15, 0.2) is 48.5 Å². The predicted octanol–water partition coefficient (Wildman–Crippen LogP) is 7.09. The van der Waals surface area contributed by atoms with E-state index >= 15 is 0 Å². The summed E-state index contributed by atoms with van der Waals surface area (Å²) in [7, 11) is 0. The Bertz CT molecular complexity index is 1300. The quantitative estimate of drug-likeness (QED) is 0.210. The van der Waals surface area contributed by atoms with Gasteiger partial charge in [-0.2, -0.15) is 0 Å². The number of esters is 2. The normalized spacial score (nSPS) is 23.9. The zero-order valence-electron chi connectivity index (χ0n) is 23.3. The van der Waals surface area contributed by atoms with E-state index in [2.05, 4.69) is 0 Å². The molecule has 6 nitrogen and oxygen atoms in total. The third kappa shape index (κ3) is 8.16. The van der Waals surface area contributed by atoms with E-state index < -0.39 is 0 Å². The van der Waals surface area contributed by atoms with Gasteiger partial charge in [0.2, 0.25) is 0 Å². The molecule has 1 aliphatic heterocycles. The lowest BCUT2D eigenvalue weighted by Gasteiger charge is -2.29. The van der Waals surface area contributed by atoms with Crippen molar-refractivity contribution < 1.29 is 28.7 Å². The third-order valence-electron chi connectivity index (χ3n) is 8.80. The van der Waals surface area contributed by atoms with E-state index in [1.165, 1.54) is 0 Å². The maximum Gasteiger partial charge on any atom is 0.315 e. The van der Waals surface area contributed by atoms with Gasteiger partial charge in [-0.15, -0.1) is 0 Å². The van der Waals surface area contributed by atoms with Crippen LogP contribution < -0.4 is 4.74 Å². The molecule has 0 N–H and O–H groups in total. The number of fused-ring (bicyclic) bond motifs is 1. The van der Waals surface area contributed by atoms with Crippen LogP contribution in [0.25, 0.3) is 6.08 Å². The van der Waals surface area contributed by atoms with Crippen molar-refractivity contribution in [3.8, 4) is 5.75 Å². The minimum absolute atomic E-state index is 0.0143. The van der Waals surface area contributed by atoms with Crippen molar-refractivity contribution in [3.63, 3.8) is 0 Å². The van der Waals surface area contributed by atoms with E-state index in [0.29, 0.717) is 61.1 Å². The molecular formula is C34H37ClO6. The Kier molecular flexibility index (Phi) is 9.71. The second-order valence-electron chi connectivity index (χ2n) is 11.8. The van der Waals surface area contributed by atoms with Crippen molar-refractivity contribution in [2.75, 3.05) is 0 Å². The Hall–Kier alpha value is -3.25. The van der Waals surface area contributed by atoms with Crippen LogP contribution in [0.4, 0.5) is 0 Å². The number of Topliss-reactive ketones (excluding diaryl/α,β-unsaturated/α-hetero) is 2. The summed E-state index contributed by atoms with van der Waals surface area (Å²) < 4.78 is 10.7. The zero-order valence-corrected chi connectivity index (χ0v) is 24.1. The minimum Gasteiger partial charge on any atom is -0.461 e. The van der Waals surface area contributed by atoms with Gasteiger partial charge in [0.05, 0.1) is 6.42 Å². The lowest BCUT2D eigenvalue weighted by atomic mass is 9.76. The van der Waals surface area contributed by atoms with Gasteiger partial charge < -0.3 is 9.47 Å². The summed E-state index contributed by atoms with van der Waals surface area (Å²) in [6.07, 6.45) is 11.6. The molecule has 2 unspecified atom stereocenters. The summed E-state index contributed by atoms with van der Waals surface area (Å²) in [5, 5.41) is 0.658. The third-order valence-corrected chi connectivity index (χ3v) is 9.05. The number of hydrogen-bond acceptors (Lipinski definition) is 6. The molecule has 0 aromatic heterocycles. The van der Waals surface area contributed by atoms with Gasteiger partial charge in [-0.1, -0.05) is 60.9 Å². The molecule has 0 bridgehead atoms. The van der Waals surface area contributed by atoms with E-state index in [4.69, 9.17) is 21.1 Å². The summed E-state index contributed by atoms with van der Waals surface area (Å²) >= 11 is 5.90. The van der Waals surface area contributed by atoms with E-state index in [0.717, 1.165) is 48.8 Å². The Morgan fingerprint density at radius 1 is 1.00 bits per heavy atom. The summed E-state index contributed by atoms with van der Waals surface area (Å²) in [4.78, 5) is 49.3. The van der Waals surface area contributed by atoms with Crippen LogP contribution in [0, 0.1) is 23.7 Å². The molecular weight excluding hydrogens is 540 g/mol. The maximum atomic E-state index is 12.8. The Morgan fingerprint density at radius 3 is 2.54 bits per heavy atom. The van der Waals surface area contributed by atoms with E-state index in [9.17, 15) is 19.2 Å². The second kappa shape index (κ2) is 13.6. The number of ether oxygens (including phenoxy) is 2. The number of hydrogen-bond donors (Lipinski definition) is 0. The highest BCUT2D eigenvalue weighted by Crippen LogP contribution is 2.39. The van der Waals surface area contributed by atoms with Crippen LogP contribution in [0.2, 0.25) is 5.02 Å². The molecule has 2 atom stereocenters. The smallest absolute Gasteiger partial charge is 0.315 e. The van der Waals surface area contributed by atoms with Crippen LogP contribution in [0.3, 0.4) is 0 Å². The number of benzene rings is 2. The monoisotopic (exact) mass is 576 g/mol. The first-order chi connectivity index (χ1) is 19.8. The average molecular weight is 577 g/mol. The number of ketones is 2. The van der Waals surface area contributed by atoms with Crippen molar-refractivity contribution in [2.24, 2.45) is 23.7 Å². The first-order valence-corrected chi connectivity index (χ1v) is 15.2. The molecule has 2 aromatic rings. The molecule has 0 saturated heterocycles. The first-order valence-electron chi connectivity index (χ1n) is 14.8. The van der Waals surface area contributed by atoms with Crippen molar-refractivity contribution in [2.45, 2.75) is 77.2 Å². The molecule has 1 heterocycles.